The van der Waals surface area contributed by atoms with E-state index in [-0.39, 0.29) is 0 Å². The van der Waals surface area contributed by atoms with Gasteiger partial charge in [-0.15, -0.1) is 0 Å². The molecule has 1 rings (SSSR count). The van der Waals surface area contributed by atoms with Gasteiger partial charge >= 0.3 is 0 Å². The highest BCUT2D eigenvalue weighted by Crippen LogP contribution is 2.17. The van der Waals surface area contributed by atoms with Crippen LogP contribution in [0, 0.1) is 0 Å². The predicted octanol–water partition coefficient (Wildman–Crippen LogP) is 1.74. The number of rotatable bonds is 2. The molecule has 1 saturated heterocycles. The Balaban J connectivity index is 2.16. The SMILES string of the molecule is C/C=C(\C)CC1CO1. The van der Waals surface area contributed by atoms with Crippen molar-refractivity contribution in [3.63, 3.8) is 0 Å². The molecule has 0 aromatic heterocycles. The fraction of sp³-hybridized carbons (Fsp3) is 0.714. The maximum absolute atomic E-state index is 5.04. The van der Waals surface area contributed by atoms with Gasteiger partial charge in [-0.25, -0.2) is 0 Å². The molecule has 0 bridgehead atoms. The van der Waals surface area contributed by atoms with E-state index in [0.717, 1.165) is 13.0 Å². The lowest BCUT2D eigenvalue weighted by Crippen LogP contribution is -1.84. The zero-order valence-electron chi connectivity index (χ0n) is 5.48. The summed E-state index contributed by atoms with van der Waals surface area (Å²) >= 11 is 0. The van der Waals surface area contributed by atoms with Gasteiger partial charge in [0.15, 0.2) is 0 Å². The molecule has 1 nitrogen and oxygen atoms in total. The maximum atomic E-state index is 5.04. The van der Waals surface area contributed by atoms with Gasteiger partial charge in [0, 0.05) is 0 Å². The highest BCUT2D eigenvalue weighted by atomic mass is 16.6. The van der Waals surface area contributed by atoms with E-state index in [1.54, 1.807) is 0 Å². The minimum Gasteiger partial charge on any atom is -0.373 e. The van der Waals surface area contributed by atoms with Crippen LogP contribution in [-0.4, -0.2) is 12.7 Å². The van der Waals surface area contributed by atoms with Crippen molar-refractivity contribution in [1.82, 2.24) is 0 Å². The number of allylic oxidation sites excluding steroid dienone is 1. The van der Waals surface area contributed by atoms with Gasteiger partial charge in [-0.2, -0.15) is 0 Å². The van der Waals surface area contributed by atoms with Crippen molar-refractivity contribution >= 4 is 0 Å². The normalized spacial score (nSPS) is 28.2. The molecule has 8 heavy (non-hydrogen) atoms. The van der Waals surface area contributed by atoms with Crippen LogP contribution in [0.4, 0.5) is 0 Å². The summed E-state index contributed by atoms with van der Waals surface area (Å²) in [7, 11) is 0. The van der Waals surface area contributed by atoms with E-state index in [1.807, 2.05) is 0 Å². The van der Waals surface area contributed by atoms with Gasteiger partial charge in [-0.1, -0.05) is 11.6 Å². The van der Waals surface area contributed by atoms with Gasteiger partial charge < -0.3 is 4.74 Å². The minimum atomic E-state index is 0.561. The standard InChI is InChI=1S/C7H12O/c1-3-6(2)4-7-5-8-7/h3,7H,4-5H2,1-2H3/b6-3+. The Bertz CT molecular complexity index is 101. The fourth-order valence-electron chi connectivity index (χ4n) is 0.663. The van der Waals surface area contributed by atoms with Crippen LogP contribution in [0.5, 0.6) is 0 Å². The van der Waals surface area contributed by atoms with Gasteiger partial charge in [0.2, 0.25) is 0 Å². The molecule has 46 valence electrons. The number of hydrogen-bond acceptors (Lipinski definition) is 1. The van der Waals surface area contributed by atoms with Gasteiger partial charge in [0.1, 0.15) is 0 Å². The number of epoxide rings is 1. The van der Waals surface area contributed by atoms with Crippen molar-refractivity contribution in [2.24, 2.45) is 0 Å². The Hall–Kier alpha value is -0.300. The molecule has 1 aliphatic rings. The first-order chi connectivity index (χ1) is 3.83. The third-order valence-corrected chi connectivity index (χ3v) is 1.44. The topological polar surface area (TPSA) is 12.5 Å². The summed E-state index contributed by atoms with van der Waals surface area (Å²) in [5.41, 5.74) is 1.44. The molecular weight excluding hydrogens is 100 g/mol. The monoisotopic (exact) mass is 112 g/mol. The summed E-state index contributed by atoms with van der Waals surface area (Å²) in [5, 5.41) is 0. The van der Waals surface area contributed by atoms with Crippen LogP contribution >= 0.6 is 0 Å². The molecule has 0 aromatic carbocycles. The molecule has 1 unspecified atom stereocenters. The lowest BCUT2D eigenvalue weighted by molar-refractivity contribution is 0.407. The van der Waals surface area contributed by atoms with E-state index < -0.39 is 0 Å². The van der Waals surface area contributed by atoms with Crippen molar-refractivity contribution in [3.05, 3.63) is 11.6 Å². The average Bonchev–Trinajstić information content (AvgIpc) is 2.50. The summed E-state index contributed by atoms with van der Waals surface area (Å²) in [6, 6.07) is 0. The molecule has 1 heteroatoms. The molecule has 0 spiro atoms. The Morgan fingerprint density at radius 1 is 1.88 bits per heavy atom. The Morgan fingerprint density at radius 3 is 2.88 bits per heavy atom. The van der Waals surface area contributed by atoms with E-state index in [9.17, 15) is 0 Å². The average molecular weight is 112 g/mol. The molecule has 0 aromatic rings. The molecule has 1 aliphatic heterocycles. The fourth-order valence-corrected chi connectivity index (χ4v) is 0.663. The molecule has 0 amide bonds. The van der Waals surface area contributed by atoms with Crippen molar-refractivity contribution in [3.8, 4) is 0 Å². The first kappa shape index (κ1) is 5.83. The van der Waals surface area contributed by atoms with E-state index in [0.29, 0.717) is 6.10 Å². The Kier molecular flexibility index (Phi) is 1.69. The first-order valence-corrected chi connectivity index (χ1v) is 3.06. The van der Waals surface area contributed by atoms with E-state index in [1.165, 1.54) is 5.57 Å². The second-order valence-electron chi connectivity index (χ2n) is 2.29. The first-order valence-electron chi connectivity index (χ1n) is 3.06. The van der Waals surface area contributed by atoms with Gasteiger partial charge in [0.05, 0.1) is 12.7 Å². The molecule has 1 fully saturated rings. The molecule has 0 radical (unpaired) electrons. The lowest BCUT2D eigenvalue weighted by atomic mass is 10.2. The van der Waals surface area contributed by atoms with Crippen LogP contribution in [0.2, 0.25) is 0 Å². The lowest BCUT2D eigenvalue weighted by Gasteiger charge is -1.91. The maximum Gasteiger partial charge on any atom is 0.0846 e. The minimum absolute atomic E-state index is 0.561. The van der Waals surface area contributed by atoms with Crippen molar-refractivity contribution in [2.75, 3.05) is 6.61 Å². The van der Waals surface area contributed by atoms with E-state index in [2.05, 4.69) is 19.9 Å². The molecule has 0 aliphatic carbocycles. The Morgan fingerprint density at radius 2 is 2.50 bits per heavy atom. The second kappa shape index (κ2) is 2.31. The number of ether oxygens (including phenoxy) is 1. The highest BCUT2D eigenvalue weighted by Gasteiger charge is 2.21. The van der Waals surface area contributed by atoms with Crippen LogP contribution < -0.4 is 0 Å². The van der Waals surface area contributed by atoms with Crippen LogP contribution in [0.3, 0.4) is 0 Å². The van der Waals surface area contributed by atoms with Crippen molar-refractivity contribution < 1.29 is 4.74 Å². The van der Waals surface area contributed by atoms with Crippen LogP contribution in [0.15, 0.2) is 11.6 Å². The summed E-state index contributed by atoms with van der Waals surface area (Å²) in [6.45, 7) is 5.19. The van der Waals surface area contributed by atoms with Gasteiger partial charge in [-0.3, -0.25) is 0 Å². The van der Waals surface area contributed by atoms with Crippen LogP contribution in [0.1, 0.15) is 20.3 Å². The molecular formula is C7H12O. The Labute approximate surface area is 50.3 Å². The van der Waals surface area contributed by atoms with E-state index in [4.69, 9.17) is 4.74 Å². The van der Waals surface area contributed by atoms with Crippen LogP contribution in [-0.2, 0) is 4.74 Å². The smallest absolute Gasteiger partial charge is 0.0846 e. The third kappa shape index (κ3) is 1.66. The van der Waals surface area contributed by atoms with Gasteiger partial charge in [0.25, 0.3) is 0 Å². The summed E-state index contributed by atoms with van der Waals surface area (Å²) in [4.78, 5) is 0. The van der Waals surface area contributed by atoms with Crippen molar-refractivity contribution in [2.45, 2.75) is 26.4 Å². The zero-order chi connectivity index (χ0) is 5.98. The van der Waals surface area contributed by atoms with Crippen molar-refractivity contribution in [1.29, 1.82) is 0 Å². The third-order valence-electron chi connectivity index (χ3n) is 1.44. The quantitative estimate of drug-likeness (QED) is 0.391. The molecule has 0 saturated carbocycles. The largest absolute Gasteiger partial charge is 0.373 e. The van der Waals surface area contributed by atoms with Crippen LogP contribution in [0.25, 0.3) is 0 Å². The van der Waals surface area contributed by atoms with Gasteiger partial charge in [-0.05, 0) is 20.3 Å². The molecule has 0 N–H and O–H groups in total. The molecule has 1 atom stereocenters. The summed E-state index contributed by atoms with van der Waals surface area (Å²) in [5.74, 6) is 0. The number of hydrogen-bond donors (Lipinski definition) is 0. The summed E-state index contributed by atoms with van der Waals surface area (Å²) in [6.07, 6.45) is 3.84. The second-order valence-corrected chi connectivity index (χ2v) is 2.29. The molecule has 1 heterocycles. The zero-order valence-corrected chi connectivity index (χ0v) is 5.48. The highest BCUT2D eigenvalue weighted by molar-refractivity contribution is 4.99. The predicted molar refractivity (Wildman–Crippen MR) is 33.8 cm³/mol. The van der Waals surface area contributed by atoms with E-state index >= 15 is 0 Å². The summed E-state index contributed by atoms with van der Waals surface area (Å²) < 4.78 is 5.04.